The Balaban J connectivity index is 2.29. The van der Waals surface area contributed by atoms with Gasteiger partial charge in [-0.05, 0) is 23.0 Å². The van der Waals surface area contributed by atoms with Crippen molar-refractivity contribution >= 4 is 28.7 Å². The van der Waals surface area contributed by atoms with Crippen LogP contribution in [0, 0.1) is 0 Å². The average molecular weight is 353 g/mol. The molecule has 5 heteroatoms. The third-order valence-corrected chi connectivity index (χ3v) is 6.24. The molecule has 0 saturated carbocycles. The summed E-state index contributed by atoms with van der Waals surface area (Å²) in [5, 5.41) is 11.9. The third-order valence-electron chi connectivity index (χ3n) is 3.87. The maximum Gasteiger partial charge on any atom is 0.154 e. The number of phenolic OH excluding ortho intramolecular Hbond substituents is 1. The Morgan fingerprint density at radius 3 is 2.09 bits per heavy atom. The van der Waals surface area contributed by atoms with Gasteiger partial charge in [-0.15, -0.1) is 11.8 Å². The first-order valence-electron chi connectivity index (χ1n) is 7.96. The van der Waals surface area contributed by atoms with Crippen LogP contribution in [0.5, 0.6) is 5.75 Å². The van der Waals surface area contributed by atoms with E-state index in [0.717, 1.165) is 23.4 Å². The van der Waals surface area contributed by atoms with Gasteiger partial charge in [0.1, 0.15) is 5.75 Å². The standard InChI is InChI=1S/C18H28N2OS2/c1-17(2,3)13-7-11(8-14(15(13)21)18(4,5)6)22-10-12-9-20-16(19)23-12/h7-8,12,21H,9-10H2,1-6H3,(H2,19,20)/t12-/m0/s1. The highest BCUT2D eigenvalue weighted by Gasteiger charge is 2.27. The molecule has 0 bridgehead atoms. The average Bonchev–Trinajstić information content (AvgIpc) is 2.80. The molecule has 0 aromatic heterocycles. The second-order valence-corrected chi connectivity index (χ2v) is 10.5. The topological polar surface area (TPSA) is 58.6 Å². The van der Waals surface area contributed by atoms with Gasteiger partial charge in [-0.2, -0.15) is 0 Å². The summed E-state index contributed by atoms with van der Waals surface area (Å²) in [5.74, 6) is 1.42. The fourth-order valence-corrected chi connectivity index (χ4v) is 4.55. The Bertz CT molecular complexity index is 577. The van der Waals surface area contributed by atoms with E-state index in [1.54, 1.807) is 11.8 Å². The van der Waals surface area contributed by atoms with Crippen molar-refractivity contribution in [1.29, 1.82) is 0 Å². The monoisotopic (exact) mass is 352 g/mol. The third kappa shape index (κ3) is 4.60. The zero-order valence-corrected chi connectivity index (χ0v) is 16.6. The molecule has 0 aliphatic carbocycles. The van der Waals surface area contributed by atoms with Gasteiger partial charge >= 0.3 is 0 Å². The lowest BCUT2D eigenvalue weighted by Gasteiger charge is -2.28. The molecule has 0 fully saturated rings. The van der Waals surface area contributed by atoms with Crippen molar-refractivity contribution in [2.75, 3.05) is 12.3 Å². The summed E-state index contributed by atoms with van der Waals surface area (Å²) in [7, 11) is 0. The second kappa shape index (κ2) is 6.60. The maximum absolute atomic E-state index is 10.8. The fourth-order valence-electron chi connectivity index (χ4n) is 2.55. The van der Waals surface area contributed by atoms with Crippen molar-refractivity contribution in [3.8, 4) is 5.75 Å². The summed E-state index contributed by atoms with van der Waals surface area (Å²) < 4.78 is 0. The summed E-state index contributed by atoms with van der Waals surface area (Å²) in [4.78, 5) is 5.47. The molecular formula is C18H28N2OS2. The van der Waals surface area contributed by atoms with E-state index in [-0.39, 0.29) is 10.8 Å². The first-order chi connectivity index (χ1) is 10.5. The molecule has 0 radical (unpaired) electrons. The van der Waals surface area contributed by atoms with Gasteiger partial charge in [-0.1, -0.05) is 53.3 Å². The summed E-state index contributed by atoms with van der Waals surface area (Å²) in [6, 6.07) is 4.28. The molecule has 23 heavy (non-hydrogen) atoms. The van der Waals surface area contributed by atoms with Gasteiger partial charge < -0.3 is 10.8 Å². The van der Waals surface area contributed by atoms with Crippen molar-refractivity contribution in [3.05, 3.63) is 23.3 Å². The number of hydrogen-bond donors (Lipinski definition) is 2. The van der Waals surface area contributed by atoms with Crippen LogP contribution in [0.3, 0.4) is 0 Å². The molecule has 0 saturated heterocycles. The number of amidine groups is 1. The second-order valence-electron chi connectivity index (χ2n) is 8.10. The van der Waals surface area contributed by atoms with Gasteiger partial charge in [-0.25, -0.2) is 0 Å². The highest BCUT2D eigenvalue weighted by Crippen LogP contribution is 2.42. The number of hydrogen-bond acceptors (Lipinski definition) is 5. The van der Waals surface area contributed by atoms with Crippen LogP contribution >= 0.6 is 23.5 Å². The lowest BCUT2D eigenvalue weighted by Crippen LogP contribution is -2.17. The highest BCUT2D eigenvalue weighted by atomic mass is 32.2. The smallest absolute Gasteiger partial charge is 0.154 e. The molecule has 2 rings (SSSR count). The predicted octanol–water partition coefficient (Wildman–Crippen LogP) is 4.51. The predicted molar refractivity (Wildman–Crippen MR) is 104 cm³/mol. The molecule has 128 valence electrons. The Labute approximate surface area is 148 Å². The lowest BCUT2D eigenvalue weighted by atomic mass is 9.79. The van der Waals surface area contributed by atoms with Crippen molar-refractivity contribution in [3.63, 3.8) is 0 Å². The minimum Gasteiger partial charge on any atom is -0.507 e. The van der Waals surface area contributed by atoms with Crippen molar-refractivity contribution in [1.82, 2.24) is 0 Å². The first-order valence-corrected chi connectivity index (χ1v) is 9.82. The van der Waals surface area contributed by atoms with Crippen molar-refractivity contribution < 1.29 is 5.11 Å². The molecule has 1 aliphatic heterocycles. The largest absolute Gasteiger partial charge is 0.507 e. The zero-order valence-electron chi connectivity index (χ0n) is 14.9. The molecule has 1 aromatic rings. The minimum absolute atomic E-state index is 0.0870. The molecular weight excluding hydrogens is 324 g/mol. The van der Waals surface area contributed by atoms with Gasteiger partial charge in [0, 0.05) is 27.0 Å². The lowest BCUT2D eigenvalue weighted by molar-refractivity contribution is 0.422. The van der Waals surface area contributed by atoms with Crippen LogP contribution in [0.25, 0.3) is 0 Å². The minimum atomic E-state index is -0.0870. The van der Waals surface area contributed by atoms with Crippen LogP contribution < -0.4 is 5.73 Å². The molecule has 3 nitrogen and oxygen atoms in total. The van der Waals surface area contributed by atoms with Crippen LogP contribution in [0.1, 0.15) is 52.7 Å². The zero-order chi connectivity index (χ0) is 17.4. The van der Waals surface area contributed by atoms with Crippen molar-refractivity contribution in [2.45, 2.75) is 62.5 Å². The summed E-state index contributed by atoms with van der Waals surface area (Å²) in [6.45, 7) is 13.7. The maximum atomic E-state index is 10.8. The fraction of sp³-hybridized carbons (Fsp3) is 0.611. The first kappa shape index (κ1) is 18.5. The van der Waals surface area contributed by atoms with E-state index in [9.17, 15) is 5.11 Å². The van der Waals surface area contributed by atoms with Gasteiger partial charge in [0.2, 0.25) is 0 Å². The van der Waals surface area contributed by atoms with E-state index in [0.29, 0.717) is 16.2 Å². The molecule has 1 heterocycles. The van der Waals surface area contributed by atoms with E-state index < -0.39 is 0 Å². The summed E-state index contributed by atoms with van der Waals surface area (Å²) in [6.07, 6.45) is 0. The van der Waals surface area contributed by atoms with Crippen LogP contribution in [-0.2, 0) is 10.8 Å². The van der Waals surface area contributed by atoms with Gasteiger partial charge in [0.25, 0.3) is 0 Å². The Hall–Kier alpha value is -0.810. The van der Waals surface area contributed by atoms with Crippen LogP contribution in [0.4, 0.5) is 0 Å². The van der Waals surface area contributed by atoms with Gasteiger partial charge in [0.15, 0.2) is 5.17 Å². The number of thioether (sulfide) groups is 2. The summed E-state index contributed by atoms with van der Waals surface area (Å²) >= 11 is 3.49. The van der Waals surface area contributed by atoms with E-state index in [2.05, 4.69) is 58.7 Å². The SMILES string of the molecule is CC(C)(C)c1cc(SC[C@@H]2CN=C(N)S2)cc(C(C)(C)C)c1O. The van der Waals surface area contributed by atoms with Gasteiger partial charge in [-0.3, -0.25) is 4.99 Å². The number of aromatic hydroxyl groups is 1. The number of rotatable bonds is 3. The van der Waals surface area contributed by atoms with Crippen LogP contribution in [0.2, 0.25) is 0 Å². The Kier molecular flexibility index (Phi) is 5.31. The highest BCUT2D eigenvalue weighted by molar-refractivity contribution is 8.15. The molecule has 3 N–H and O–H groups in total. The molecule has 1 aliphatic rings. The van der Waals surface area contributed by atoms with E-state index >= 15 is 0 Å². The number of nitrogens with zero attached hydrogens (tertiary/aromatic N) is 1. The molecule has 1 aromatic carbocycles. The number of phenols is 1. The molecule has 1 atom stereocenters. The molecule has 0 spiro atoms. The van der Waals surface area contributed by atoms with Crippen LogP contribution in [0.15, 0.2) is 22.0 Å². The summed E-state index contributed by atoms with van der Waals surface area (Å²) in [5.41, 5.74) is 7.60. The van der Waals surface area contributed by atoms with E-state index in [1.165, 1.54) is 4.90 Å². The van der Waals surface area contributed by atoms with Gasteiger partial charge in [0.05, 0.1) is 6.54 Å². The Morgan fingerprint density at radius 2 is 1.70 bits per heavy atom. The number of benzene rings is 1. The normalized spacial score (nSPS) is 19.0. The molecule has 0 amide bonds. The van der Waals surface area contributed by atoms with Crippen molar-refractivity contribution in [2.24, 2.45) is 10.7 Å². The molecule has 0 unspecified atom stereocenters. The quantitative estimate of drug-likeness (QED) is 0.786. The van der Waals surface area contributed by atoms with E-state index in [1.807, 2.05) is 11.8 Å². The van der Waals surface area contributed by atoms with E-state index in [4.69, 9.17) is 5.73 Å². The number of nitrogens with two attached hydrogens (primary N) is 1. The van der Waals surface area contributed by atoms with Crippen LogP contribution in [-0.4, -0.2) is 27.8 Å². The Morgan fingerprint density at radius 1 is 1.17 bits per heavy atom. The number of aliphatic imine (C=N–C) groups is 1.